The number of nitrogens with zero attached hydrogens (tertiary/aromatic N) is 1. The Morgan fingerprint density at radius 2 is 2.12 bits per heavy atom. The molecule has 0 fully saturated rings. The van der Waals surface area contributed by atoms with Crippen molar-refractivity contribution < 1.29 is 9.53 Å². The highest BCUT2D eigenvalue weighted by Gasteiger charge is 2.01. The molecular formula is C13H18N2O2. The van der Waals surface area contributed by atoms with Gasteiger partial charge in [-0.05, 0) is 25.1 Å². The minimum absolute atomic E-state index is 0.168. The molecule has 0 atom stereocenters. The monoisotopic (exact) mass is 234 g/mol. The van der Waals surface area contributed by atoms with Crippen LogP contribution in [0, 0.1) is 6.92 Å². The number of amides is 1. The molecule has 4 heteroatoms. The molecule has 0 aromatic heterocycles. The average molecular weight is 234 g/mol. The minimum atomic E-state index is -0.168. The Balaban J connectivity index is 2.83. The maximum Gasteiger partial charge on any atom is 0.258 e. The Morgan fingerprint density at radius 1 is 1.41 bits per heavy atom. The van der Waals surface area contributed by atoms with Gasteiger partial charge in [-0.25, -0.2) is 5.01 Å². The van der Waals surface area contributed by atoms with Gasteiger partial charge in [0.05, 0.1) is 7.11 Å². The van der Waals surface area contributed by atoms with E-state index < -0.39 is 0 Å². The second kappa shape index (κ2) is 6.06. The number of aryl methyl sites for hydroxylation is 1. The summed E-state index contributed by atoms with van der Waals surface area (Å²) in [5.74, 6) is 0.586. The summed E-state index contributed by atoms with van der Waals surface area (Å²) in [6.07, 6.45) is 3.22. The average Bonchev–Trinajstić information content (AvgIpc) is 2.25. The van der Waals surface area contributed by atoms with Gasteiger partial charge in [-0.15, -0.1) is 0 Å². The lowest BCUT2D eigenvalue weighted by molar-refractivity contribution is -0.119. The summed E-state index contributed by atoms with van der Waals surface area (Å²) in [5, 5.41) is 1.60. The topological polar surface area (TPSA) is 41.6 Å². The van der Waals surface area contributed by atoms with Crippen LogP contribution in [0.3, 0.4) is 0 Å². The number of hydrogen-bond acceptors (Lipinski definition) is 3. The van der Waals surface area contributed by atoms with Crippen molar-refractivity contribution in [1.29, 1.82) is 0 Å². The summed E-state index contributed by atoms with van der Waals surface area (Å²) < 4.78 is 5.22. The van der Waals surface area contributed by atoms with Crippen molar-refractivity contribution in [2.24, 2.45) is 0 Å². The molecule has 0 aliphatic rings. The fourth-order valence-electron chi connectivity index (χ4n) is 1.41. The first-order chi connectivity index (χ1) is 8.02. The van der Waals surface area contributed by atoms with Crippen LogP contribution in [-0.4, -0.2) is 32.1 Å². The van der Waals surface area contributed by atoms with Gasteiger partial charge in [-0.3, -0.25) is 10.2 Å². The summed E-state index contributed by atoms with van der Waals surface area (Å²) >= 11 is 0. The number of hydrogen-bond donors (Lipinski definition) is 1. The van der Waals surface area contributed by atoms with Gasteiger partial charge in [0, 0.05) is 25.7 Å². The van der Waals surface area contributed by atoms with Gasteiger partial charge in [-0.2, -0.15) is 0 Å². The van der Waals surface area contributed by atoms with E-state index in [4.69, 9.17) is 4.74 Å². The molecule has 0 spiro atoms. The number of hydrazine groups is 1. The molecule has 17 heavy (non-hydrogen) atoms. The van der Waals surface area contributed by atoms with Gasteiger partial charge in [0.1, 0.15) is 5.75 Å². The highest BCUT2D eigenvalue weighted by Crippen LogP contribution is 2.20. The molecule has 0 heterocycles. The van der Waals surface area contributed by atoms with Crippen molar-refractivity contribution in [2.45, 2.75) is 6.92 Å². The van der Waals surface area contributed by atoms with Gasteiger partial charge < -0.3 is 4.74 Å². The summed E-state index contributed by atoms with van der Waals surface area (Å²) in [6.45, 7) is 2.00. The van der Waals surface area contributed by atoms with Crippen LogP contribution in [0.5, 0.6) is 5.75 Å². The van der Waals surface area contributed by atoms with E-state index in [1.165, 1.54) is 6.08 Å². The number of ether oxygens (including phenoxy) is 1. The van der Waals surface area contributed by atoms with Crippen molar-refractivity contribution in [1.82, 2.24) is 10.4 Å². The number of carbonyl (C=O) groups excluding carboxylic acids is 1. The smallest absolute Gasteiger partial charge is 0.258 e. The third-order valence-electron chi connectivity index (χ3n) is 2.13. The lowest BCUT2D eigenvalue weighted by atomic mass is 10.1. The number of benzene rings is 1. The van der Waals surface area contributed by atoms with Crippen LogP contribution in [-0.2, 0) is 4.79 Å². The number of rotatable bonds is 4. The standard InChI is InChI=1S/C13H18N2O2/c1-10-5-7-12(17-4)11(9-10)6-8-13(16)14-15(2)3/h5-9H,1-4H3,(H,14,16)/b8-6+. The zero-order chi connectivity index (χ0) is 12.8. The van der Waals surface area contributed by atoms with E-state index in [1.807, 2.05) is 25.1 Å². The largest absolute Gasteiger partial charge is 0.496 e. The van der Waals surface area contributed by atoms with Gasteiger partial charge in [0.15, 0.2) is 0 Å². The summed E-state index contributed by atoms with van der Waals surface area (Å²) in [7, 11) is 5.14. The van der Waals surface area contributed by atoms with E-state index in [-0.39, 0.29) is 5.91 Å². The first-order valence-corrected chi connectivity index (χ1v) is 5.33. The van der Waals surface area contributed by atoms with E-state index in [2.05, 4.69) is 5.43 Å². The Hall–Kier alpha value is -1.81. The zero-order valence-corrected chi connectivity index (χ0v) is 10.7. The molecule has 92 valence electrons. The second-order valence-corrected chi connectivity index (χ2v) is 3.95. The predicted octanol–water partition coefficient (Wildman–Crippen LogP) is 1.61. The van der Waals surface area contributed by atoms with Crippen LogP contribution in [0.2, 0.25) is 0 Å². The van der Waals surface area contributed by atoms with Crippen LogP contribution in [0.4, 0.5) is 0 Å². The SMILES string of the molecule is COc1ccc(C)cc1/C=C/C(=O)NN(C)C. The minimum Gasteiger partial charge on any atom is -0.496 e. The summed E-state index contributed by atoms with van der Waals surface area (Å²) in [5.41, 5.74) is 4.65. The molecule has 0 unspecified atom stereocenters. The van der Waals surface area contributed by atoms with Crippen molar-refractivity contribution in [2.75, 3.05) is 21.2 Å². The van der Waals surface area contributed by atoms with Crippen molar-refractivity contribution >= 4 is 12.0 Å². The molecule has 0 saturated carbocycles. The van der Waals surface area contributed by atoms with Crippen LogP contribution < -0.4 is 10.2 Å². The molecule has 1 aromatic rings. The number of methoxy groups -OCH3 is 1. The van der Waals surface area contributed by atoms with E-state index in [0.717, 1.165) is 16.9 Å². The van der Waals surface area contributed by atoms with E-state index >= 15 is 0 Å². The Morgan fingerprint density at radius 3 is 2.71 bits per heavy atom. The fourth-order valence-corrected chi connectivity index (χ4v) is 1.41. The quantitative estimate of drug-likeness (QED) is 0.635. The lowest BCUT2D eigenvalue weighted by Gasteiger charge is -2.09. The summed E-state index contributed by atoms with van der Waals surface area (Å²) in [6, 6.07) is 5.83. The van der Waals surface area contributed by atoms with Gasteiger partial charge in [-0.1, -0.05) is 11.6 Å². The first-order valence-electron chi connectivity index (χ1n) is 5.33. The van der Waals surface area contributed by atoms with Crippen LogP contribution in [0.25, 0.3) is 6.08 Å². The molecule has 1 aromatic carbocycles. The third kappa shape index (κ3) is 4.28. The van der Waals surface area contributed by atoms with E-state index in [1.54, 1.807) is 32.3 Å². The molecule has 0 aliphatic carbocycles. The highest BCUT2D eigenvalue weighted by molar-refractivity contribution is 5.91. The van der Waals surface area contributed by atoms with Gasteiger partial charge >= 0.3 is 0 Å². The zero-order valence-electron chi connectivity index (χ0n) is 10.7. The lowest BCUT2D eigenvalue weighted by Crippen LogP contribution is -2.34. The van der Waals surface area contributed by atoms with E-state index in [9.17, 15) is 4.79 Å². The predicted molar refractivity (Wildman–Crippen MR) is 68.6 cm³/mol. The Kier molecular flexibility index (Phi) is 4.72. The molecule has 0 saturated heterocycles. The molecule has 0 bridgehead atoms. The highest BCUT2D eigenvalue weighted by atomic mass is 16.5. The van der Waals surface area contributed by atoms with E-state index in [0.29, 0.717) is 0 Å². The van der Waals surface area contributed by atoms with Crippen LogP contribution >= 0.6 is 0 Å². The van der Waals surface area contributed by atoms with Crippen molar-refractivity contribution in [3.63, 3.8) is 0 Å². The molecule has 0 radical (unpaired) electrons. The van der Waals surface area contributed by atoms with Crippen molar-refractivity contribution in [3.05, 3.63) is 35.4 Å². The van der Waals surface area contributed by atoms with Gasteiger partial charge in [0.25, 0.3) is 5.91 Å². The molecule has 4 nitrogen and oxygen atoms in total. The summed E-state index contributed by atoms with van der Waals surface area (Å²) in [4.78, 5) is 11.4. The molecular weight excluding hydrogens is 216 g/mol. The third-order valence-corrected chi connectivity index (χ3v) is 2.13. The van der Waals surface area contributed by atoms with Crippen molar-refractivity contribution in [3.8, 4) is 5.75 Å². The maximum absolute atomic E-state index is 11.4. The van der Waals surface area contributed by atoms with Crippen LogP contribution in [0.15, 0.2) is 24.3 Å². The molecule has 1 amide bonds. The van der Waals surface area contributed by atoms with Gasteiger partial charge in [0.2, 0.25) is 0 Å². The normalized spacial score (nSPS) is 10.9. The fraction of sp³-hybridized carbons (Fsp3) is 0.308. The Labute approximate surface area is 102 Å². The first kappa shape index (κ1) is 13.3. The molecule has 1 N–H and O–H groups in total. The second-order valence-electron chi connectivity index (χ2n) is 3.95. The van der Waals surface area contributed by atoms with Crippen LogP contribution in [0.1, 0.15) is 11.1 Å². The maximum atomic E-state index is 11.4. The Bertz CT molecular complexity index is 425. The number of nitrogens with one attached hydrogen (secondary N) is 1. The number of carbonyl (C=O) groups is 1. The molecule has 0 aliphatic heterocycles. The molecule has 1 rings (SSSR count).